The van der Waals surface area contributed by atoms with Gasteiger partial charge in [0.1, 0.15) is 5.82 Å². The highest BCUT2D eigenvalue weighted by molar-refractivity contribution is 5.79. The molecule has 0 heterocycles. The van der Waals surface area contributed by atoms with Crippen LogP contribution in [0.25, 0.3) is 0 Å². The van der Waals surface area contributed by atoms with E-state index in [4.69, 9.17) is 0 Å². The van der Waals surface area contributed by atoms with Gasteiger partial charge in [0.2, 0.25) is 0 Å². The summed E-state index contributed by atoms with van der Waals surface area (Å²) in [6, 6.07) is 6.41. The van der Waals surface area contributed by atoms with Gasteiger partial charge in [0, 0.05) is 11.1 Å². The predicted octanol–water partition coefficient (Wildman–Crippen LogP) is 5.57. The summed E-state index contributed by atoms with van der Waals surface area (Å²) < 4.78 is 13.1. The van der Waals surface area contributed by atoms with Gasteiger partial charge in [0.25, 0.3) is 0 Å². The fraction of sp³-hybridized carbons (Fsp3) is 0.577. The van der Waals surface area contributed by atoms with Crippen LogP contribution in [0.1, 0.15) is 64.4 Å². The monoisotopic (exact) mass is 408 g/mol. The summed E-state index contributed by atoms with van der Waals surface area (Å²) in [5, 5.41) is 14.6. The minimum Gasteiger partial charge on any atom is -0.393 e. The van der Waals surface area contributed by atoms with Crippen LogP contribution >= 0.6 is 0 Å². The lowest BCUT2D eigenvalue weighted by Crippen LogP contribution is -2.50. The van der Waals surface area contributed by atoms with E-state index in [1.54, 1.807) is 18.3 Å². The molecule has 0 spiro atoms. The van der Waals surface area contributed by atoms with Gasteiger partial charge < -0.3 is 5.11 Å². The van der Waals surface area contributed by atoms with Gasteiger partial charge in [-0.1, -0.05) is 43.7 Å². The van der Waals surface area contributed by atoms with Crippen molar-refractivity contribution in [1.29, 1.82) is 0 Å². The van der Waals surface area contributed by atoms with E-state index in [0.717, 1.165) is 43.6 Å². The molecule has 6 atom stereocenters. The Hall–Kier alpha value is -1.94. The minimum absolute atomic E-state index is 0.141. The molecule has 0 aliphatic heterocycles. The molecule has 3 nitrogen and oxygen atoms in total. The molecule has 0 radical (unpaired) electrons. The van der Waals surface area contributed by atoms with E-state index < -0.39 is 0 Å². The summed E-state index contributed by atoms with van der Waals surface area (Å²) in [5.41, 5.74) is 7.44. The summed E-state index contributed by atoms with van der Waals surface area (Å²) >= 11 is 0. The van der Waals surface area contributed by atoms with Crippen LogP contribution in [-0.4, -0.2) is 17.4 Å². The Balaban J connectivity index is 1.32. The fourth-order valence-corrected chi connectivity index (χ4v) is 7.11. The summed E-state index contributed by atoms with van der Waals surface area (Å²) in [7, 11) is 0. The molecule has 4 aliphatic rings. The third-order valence-corrected chi connectivity index (χ3v) is 8.93. The van der Waals surface area contributed by atoms with Crippen molar-refractivity contribution in [3.05, 3.63) is 59.1 Å². The van der Waals surface area contributed by atoms with Gasteiger partial charge in [0.05, 0.1) is 12.3 Å². The summed E-state index contributed by atoms with van der Waals surface area (Å²) in [6.07, 6.45) is 14.1. The van der Waals surface area contributed by atoms with Crippen LogP contribution in [0.5, 0.6) is 0 Å². The maximum atomic E-state index is 13.1. The molecule has 0 unspecified atom stereocenters. The Kier molecular flexibility index (Phi) is 4.89. The highest BCUT2D eigenvalue weighted by Crippen LogP contribution is 2.64. The molecule has 160 valence electrons. The van der Waals surface area contributed by atoms with Gasteiger partial charge in [-0.2, -0.15) is 5.10 Å². The molecule has 30 heavy (non-hydrogen) atoms. The van der Waals surface area contributed by atoms with E-state index in [9.17, 15) is 9.50 Å². The molecule has 2 saturated carbocycles. The number of nitrogens with zero attached hydrogens (tertiary/aromatic N) is 1. The molecule has 1 aromatic carbocycles. The molecular formula is C26H33FN2O. The van der Waals surface area contributed by atoms with Crippen LogP contribution in [0, 0.1) is 34.4 Å². The van der Waals surface area contributed by atoms with Gasteiger partial charge in [0.15, 0.2) is 0 Å². The van der Waals surface area contributed by atoms with Gasteiger partial charge >= 0.3 is 0 Å². The Morgan fingerprint density at radius 3 is 2.60 bits per heavy atom. The quantitative estimate of drug-likeness (QED) is 0.390. The number of aliphatic hydroxyl groups is 1. The van der Waals surface area contributed by atoms with Gasteiger partial charge in [-0.15, -0.1) is 0 Å². The number of aliphatic hydroxyl groups excluding tert-OH is 1. The molecule has 5 rings (SSSR count). The number of rotatable bonds is 3. The van der Waals surface area contributed by atoms with Crippen molar-refractivity contribution in [2.75, 3.05) is 0 Å². The van der Waals surface area contributed by atoms with E-state index in [-0.39, 0.29) is 22.8 Å². The van der Waals surface area contributed by atoms with Crippen LogP contribution in [0.2, 0.25) is 0 Å². The van der Waals surface area contributed by atoms with E-state index >= 15 is 0 Å². The van der Waals surface area contributed by atoms with E-state index in [0.29, 0.717) is 11.8 Å². The summed E-state index contributed by atoms with van der Waals surface area (Å²) in [4.78, 5) is 0. The Morgan fingerprint density at radius 2 is 1.80 bits per heavy atom. The van der Waals surface area contributed by atoms with Gasteiger partial charge in [-0.25, -0.2) is 4.39 Å². The minimum atomic E-state index is -0.225. The standard InChI is InChI=1S/C26H33FN2O/c1-25-13-11-20(30)15-18(25)5-8-21-22-9-10-24(26(22,2)14-12-23(21)25)29-28-16-17-3-6-19(27)7-4-17/h3-7,10,16,20-23,29-30H,8-9,11-15H2,1-2H3/t20-,21-,22+,23+,25+,26-/m0/s1. The number of benzene rings is 1. The molecule has 2 fully saturated rings. The highest BCUT2D eigenvalue weighted by atomic mass is 19.1. The predicted molar refractivity (Wildman–Crippen MR) is 118 cm³/mol. The highest BCUT2D eigenvalue weighted by Gasteiger charge is 2.56. The lowest BCUT2D eigenvalue weighted by atomic mass is 9.48. The first-order valence-corrected chi connectivity index (χ1v) is 11.5. The van der Waals surface area contributed by atoms with Crippen molar-refractivity contribution >= 4 is 6.21 Å². The maximum Gasteiger partial charge on any atom is 0.123 e. The number of fused-ring (bicyclic) bond motifs is 5. The largest absolute Gasteiger partial charge is 0.393 e. The SMILES string of the molecule is C[C@@]12CC[C@H](O)CC1=CC[C@@H]1[C@H]2CC[C@]2(C)C(NN=Cc3ccc(F)cc3)=CC[C@H]12. The van der Waals surface area contributed by atoms with Crippen LogP contribution in [0.3, 0.4) is 0 Å². The smallest absolute Gasteiger partial charge is 0.123 e. The van der Waals surface area contributed by atoms with Crippen molar-refractivity contribution in [2.45, 2.75) is 64.9 Å². The number of nitrogens with one attached hydrogen (secondary N) is 1. The fourth-order valence-electron chi connectivity index (χ4n) is 7.11. The van der Waals surface area contributed by atoms with Crippen LogP contribution < -0.4 is 5.43 Å². The molecule has 0 saturated heterocycles. The third-order valence-electron chi connectivity index (χ3n) is 8.93. The summed E-state index contributed by atoms with van der Waals surface area (Å²) in [5.74, 6) is 1.88. The Bertz CT molecular complexity index is 904. The van der Waals surface area contributed by atoms with Crippen molar-refractivity contribution in [3.8, 4) is 0 Å². The zero-order valence-corrected chi connectivity index (χ0v) is 18.1. The first kappa shape index (κ1) is 20.0. The zero-order valence-electron chi connectivity index (χ0n) is 18.1. The van der Waals surface area contributed by atoms with Crippen molar-refractivity contribution in [1.82, 2.24) is 5.43 Å². The lowest BCUT2D eigenvalue weighted by molar-refractivity contribution is -0.0308. The molecule has 0 aromatic heterocycles. The first-order chi connectivity index (χ1) is 14.4. The first-order valence-electron chi connectivity index (χ1n) is 11.5. The van der Waals surface area contributed by atoms with Crippen LogP contribution in [-0.2, 0) is 0 Å². The Morgan fingerprint density at radius 1 is 1.03 bits per heavy atom. The number of hydrazone groups is 1. The van der Waals surface area contributed by atoms with E-state index in [2.05, 4.69) is 36.5 Å². The molecule has 0 bridgehead atoms. The van der Waals surface area contributed by atoms with Crippen LogP contribution in [0.4, 0.5) is 4.39 Å². The number of hydrogen-bond donors (Lipinski definition) is 2. The molecule has 4 aliphatic carbocycles. The number of halogens is 1. The Labute approximate surface area is 179 Å². The molecular weight excluding hydrogens is 375 g/mol. The lowest BCUT2D eigenvalue weighted by Gasteiger charge is -2.57. The van der Waals surface area contributed by atoms with E-state index in [1.165, 1.54) is 36.2 Å². The topological polar surface area (TPSA) is 44.6 Å². The maximum absolute atomic E-state index is 13.1. The average molecular weight is 409 g/mol. The van der Waals surface area contributed by atoms with Gasteiger partial charge in [-0.3, -0.25) is 5.43 Å². The molecule has 4 heteroatoms. The molecule has 1 aromatic rings. The third kappa shape index (κ3) is 3.15. The van der Waals surface area contributed by atoms with Gasteiger partial charge in [-0.05, 0) is 85.8 Å². The molecule has 0 amide bonds. The number of hydrogen-bond acceptors (Lipinski definition) is 3. The second-order valence-electron chi connectivity index (χ2n) is 10.4. The molecule has 2 N–H and O–H groups in total. The van der Waals surface area contributed by atoms with E-state index in [1.807, 2.05) is 0 Å². The zero-order chi connectivity index (χ0) is 20.9. The average Bonchev–Trinajstić information content (AvgIpc) is 3.06. The van der Waals surface area contributed by atoms with Crippen molar-refractivity contribution < 1.29 is 9.50 Å². The second-order valence-corrected chi connectivity index (χ2v) is 10.4. The summed E-state index contributed by atoms with van der Waals surface area (Å²) in [6.45, 7) is 4.89. The van der Waals surface area contributed by atoms with Crippen molar-refractivity contribution in [3.63, 3.8) is 0 Å². The van der Waals surface area contributed by atoms with Crippen LogP contribution in [0.15, 0.2) is 52.8 Å². The number of allylic oxidation sites excluding steroid dienone is 3. The second kappa shape index (κ2) is 7.33. The normalized spacial score (nSPS) is 40.3. The van der Waals surface area contributed by atoms with Crippen molar-refractivity contribution in [2.24, 2.45) is 33.7 Å².